The van der Waals surface area contributed by atoms with Crippen LogP contribution in [-0.2, 0) is 20.0 Å². The lowest BCUT2D eigenvalue weighted by Crippen LogP contribution is -2.34. The minimum absolute atomic E-state index is 0.0503. The zero-order valence-corrected chi connectivity index (χ0v) is 15.6. The fourth-order valence-corrected chi connectivity index (χ4v) is 7.44. The number of halogens is 1. The molecule has 11 heteroatoms. The molecule has 0 N–H and O–H groups in total. The fourth-order valence-electron chi connectivity index (χ4n) is 3.02. The number of rotatable bonds is 3. The van der Waals surface area contributed by atoms with Gasteiger partial charge in [-0.1, -0.05) is 35.9 Å². The SMILES string of the molecule is O=[N+]([O-])c1ccc(Cl)c(S(=O)(=O)N2c3cccc4cccc(c34)S2(=O)=O)c1. The van der Waals surface area contributed by atoms with Crippen LogP contribution in [-0.4, -0.2) is 21.8 Å². The summed E-state index contributed by atoms with van der Waals surface area (Å²) in [4.78, 5) is 9.41. The largest absolute Gasteiger partial charge is 0.279 e. The lowest BCUT2D eigenvalue weighted by Gasteiger charge is -2.19. The van der Waals surface area contributed by atoms with Gasteiger partial charge in [0.2, 0.25) is 0 Å². The van der Waals surface area contributed by atoms with Gasteiger partial charge >= 0.3 is 0 Å². The van der Waals surface area contributed by atoms with Gasteiger partial charge in [-0.2, -0.15) is 20.5 Å². The molecule has 1 aliphatic heterocycles. The molecule has 0 bridgehead atoms. The molecule has 1 aliphatic rings. The second kappa shape index (κ2) is 5.65. The van der Waals surface area contributed by atoms with E-state index in [2.05, 4.69) is 0 Å². The van der Waals surface area contributed by atoms with Gasteiger partial charge in [0.25, 0.3) is 25.7 Å². The third-order valence-electron chi connectivity index (χ3n) is 4.16. The van der Waals surface area contributed by atoms with Crippen LogP contribution in [0.5, 0.6) is 0 Å². The number of non-ortho nitro benzene ring substituents is 1. The van der Waals surface area contributed by atoms with Gasteiger partial charge in [0, 0.05) is 17.5 Å². The number of benzene rings is 3. The summed E-state index contributed by atoms with van der Waals surface area (Å²) in [7, 11) is -9.18. The zero-order valence-electron chi connectivity index (χ0n) is 13.2. The van der Waals surface area contributed by atoms with Crippen molar-refractivity contribution in [1.82, 2.24) is 0 Å². The zero-order chi connectivity index (χ0) is 19.6. The molecule has 138 valence electrons. The number of anilines is 1. The quantitative estimate of drug-likeness (QED) is 0.470. The molecule has 0 saturated heterocycles. The number of hydrogen-bond acceptors (Lipinski definition) is 6. The Morgan fingerprint density at radius 2 is 1.70 bits per heavy atom. The van der Waals surface area contributed by atoms with Gasteiger partial charge in [-0.3, -0.25) is 10.1 Å². The lowest BCUT2D eigenvalue weighted by atomic mass is 10.1. The van der Waals surface area contributed by atoms with Crippen LogP contribution >= 0.6 is 11.6 Å². The van der Waals surface area contributed by atoms with Crippen molar-refractivity contribution in [3.63, 3.8) is 0 Å². The van der Waals surface area contributed by atoms with Crippen molar-refractivity contribution < 1.29 is 21.8 Å². The Bertz CT molecular complexity index is 1350. The van der Waals surface area contributed by atoms with Crippen LogP contribution in [0.4, 0.5) is 11.4 Å². The van der Waals surface area contributed by atoms with Gasteiger partial charge in [0.1, 0.15) is 4.90 Å². The molecule has 0 saturated carbocycles. The molecular weight excluding hydrogens is 416 g/mol. The summed E-state index contributed by atoms with van der Waals surface area (Å²) in [5.74, 6) is 0. The van der Waals surface area contributed by atoms with Crippen molar-refractivity contribution >= 4 is 53.8 Å². The Balaban J connectivity index is 2.04. The van der Waals surface area contributed by atoms with Crippen molar-refractivity contribution in [3.8, 4) is 0 Å². The molecule has 0 spiro atoms. The third-order valence-corrected chi connectivity index (χ3v) is 8.83. The topological polar surface area (TPSA) is 115 Å². The summed E-state index contributed by atoms with van der Waals surface area (Å²) in [5.41, 5.74) is -0.573. The Kier molecular flexibility index (Phi) is 3.71. The van der Waals surface area contributed by atoms with Crippen molar-refractivity contribution in [1.29, 1.82) is 0 Å². The first-order valence-electron chi connectivity index (χ1n) is 7.42. The van der Waals surface area contributed by atoms with Gasteiger partial charge in [-0.05, 0) is 23.6 Å². The van der Waals surface area contributed by atoms with E-state index in [0.717, 1.165) is 18.2 Å². The number of hydrogen-bond donors (Lipinski definition) is 0. The highest BCUT2D eigenvalue weighted by molar-refractivity contribution is 8.10. The minimum atomic E-state index is -4.74. The van der Waals surface area contributed by atoms with E-state index < -0.39 is 35.6 Å². The average molecular weight is 425 g/mol. The van der Waals surface area contributed by atoms with Crippen molar-refractivity contribution in [2.45, 2.75) is 9.79 Å². The molecule has 1 heterocycles. The molecule has 0 unspecified atom stereocenters. The summed E-state index contributed by atoms with van der Waals surface area (Å²) < 4.78 is 52.6. The van der Waals surface area contributed by atoms with E-state index in [-0.39, 0.29) is 24.7 Å². The van der Waals surface area contributed by atoms with Crippen LogP contribution in [0.3, 0.4) is 0 Å². The van der Waals surface area contributed by atoms with Crippen LogP contribution in [0.2, 0.25) is 5.02 Å². The van der Waals surface area contributed by atoms with Gasteiger partial charge in [-0.25, -0.2) is 0 Å². The van der Waals surface area contributed by atoms with Gasteiger partial charge in [0.05, 0.1) is 20.5 Å². The van der Waals surface area contributed by atoms with Crippen molar-refractivity contribution in [2.75, 3.05) is 3.71 Å². The van der Waals surface area contributed by atoms with E-state index in [1.165, 1.54) is 24.3 Å². The average Bonchev–Trinajstić information content (AvgIpc) is 2.84. The second-order valence-corrected chi connectivity index (χ2v) is 9.86. The summed E-state index contributed by atoms with van der Waals surface area (Å²) in [5, 5.41) is 11.5. The van der Waals surface area contributed by atoms with Gasteiger partial charge in [0.15, 0.2) is 0 Å². The van der Waals surface area contributed by atoms with E-state index in [1.807, 2.05) is 0 Å². The molecule has 27 heavy (non-hydrogen) atoms. The lowest BCUT2D eigenvalue weighted by molar-refractivity contribution is -0.385. The first-order chi connectivity index (χ1) is 12.7. The van der Waals surface area contributed by atoms with Crippen LogP contribution in [0, 0.1) is 10.1 Å². The number of nitro groups is 1. The maximum Gasteiger partial charge on any atom is 0.279 e. The van der Waals surface area contributed by atoms with Crippen LogP contribution in [0.1, 0.15) is 0 Å². The fraction of sp³-hybridized carbons (Fsp3) is 0. The van der Waals surface area contributed by atoms with E-state index in [9.17, 15) is 26.9 Å². The Morgan fingerprint density at radius 3 is 2.37 bits per heavy atom. The molecule has 8 nitrogen and oxygen atoms in total. The Hall–Kier alpha value is -2.69. The molecular formula is C16H9ClN2O6S2. The molecule has 0 atom stereocenters. The summed E-state index contributed by atoms with van der Waals surface area (Å²) in [6.07, 6.45) is 0. The second-order valence-electron chi connectivity index (χ2n) is 5.71. The molecule has 3 aromatic carbocycles. The van der Waals surface area contributed by atoms with Crippen molar-refractivity contribution in [3.05, 3.63) is 69.7 Å². The first-order valence-corrected chi connectivity index (χ1v) is 10.7. The molecule has 0 amide bonds. The molecule has 0 aliphatic carbocycles. The maximum absolute atomic E-state index is 13.2. The van der Waals surface area contributed by atoms with E-state index in [0.29, 0.717) is 5.39 Å². The van der Waals surface area contributed by atoms with Gasteiger partial charge < -0.3 is 0 Å². The number of sulfonamides is 2. The third kappa shape index (κ3) is 2.41. The van der Waals surface area contributed by atoms with E-state index >= 15 is 0 Å². The molecule has 4 rings (SSSR count). The van der Waals surface area contributed by atoms with E-state index in [4.69, 9.17) is 11.6 Å². The highest BCUT2D eigenvalue weighted by Crippen LogP contribution is 2.45. The predicted octanol–water partition coefficient (Wildman–Crippen LogP) is 3.30. The summed E-state index contributed by atoms with van der Waals surface area (Å²) in [6.45, 7) is 0. The van der Waals surface area contributed by atoms with Crippen LogP contribution in [0.15, 0.2) is 64.4 Å². The van der Waals surface area contributed by atoms with Crippen LogP contribution < -0.4 is 3.71 Å². The summed E-state index contributed by atoms with van der Waals surface area (Å²) >= 11 is 5.95. The Labute approximate surface area is 158 Å². The van der Waals surface area contributed by atoms with Crippen LogP contribution in [0.25, 0.3) is 10.8 Å². The monoisotopic (exact) mass is 424 g/mol. The number of nitrogens with zero attached hydrogens (tertiary/aromatic N) is 2. The maximum atomic E-state index is 13.2. The van der Waals surface area contributed by atoms with Crippen molar-refractivity contribution in [2.24, 2.45) is 0 Å². The van der Waals surface area contributed by atoms with E-state index in [1.54, 1.807) is 12.1 Å². The highest BCUT2D eigenvalue weighted by Gasteiger charge is 2.45. The highest BCUT2D eigenvalue weighted by atomic mass is 35.5. The summed E-state index contributed by atoms with van der Waals surface area (Å²) in [6, 6.07) is 11.9. The molecule has 3 aromatic rings. The first kappa shape index (κ1) is 17.7. The molecule has 0 radical (unpaired) electrons. The Morgan fingerprint density at radius 1 is 1.04 bits per heavy atom. The molecule has 0 fully saturated rings. The number of nitro benzene ring substituents is 1. The molecule has 0 aromatic heterocycles. The van der Waals surface area contributed by atoms with Gasteiger partial charge in [-0.15, -0.1) is 0 Å². The standard InChI is InChI=1S/C16H9ClN2O6S2/c17-12-8-7-11(18(20)21)9-15(12)27(24,25)19-13-5-1-3-10-4-2-6-14(16(10)13)26(19,22)23/h1-9H. The smallest absolute Gasteiger partial charge is 0.258 e. The predicted molar refractivity (Wildman–Crippen MR) is 98.9 cm³/mol. The minimum Gasteiger partial charge on any atom is -0.258 e. The normalized spacial score (nSPS) is 15.2.